The van der Waals surface area contributed by atoms with Crippen LogP contribution in [0.5, 0.6) is 11.5 Å². The molecule has 0 bridgehead atoms. The van der Waals surface area contributed by atoms with Crippen LogP contribution in [-0.4, -0.2) is 25.9 Å². The SMILES string of the molecule is COc1cc(OC)cc(N2C(=O)CC(c3c(F)cccc3Cl)C3=C2CCCC3=O)c1. The number of halogens is 2. The standard InChI is InChI=1S/C23H21ClFNO4/c1-29-14-9-13(10-15(11-14)30-2)26-19-7-4-8-20(27)23(19)16(12-21(26)28)22-17(24)5-3-6-18(22)25/h3,5-6,9-11,16H,4,7-8,12H2,1-2H3. The molecule has 0 radical (unpaired) electrons. The van der Waals surface area contributed by atoms with Gasteiger partial charge in [-0.25, -0.2) is 4.39 Å². The monoisotopic (exact) mass is 429 g/mol. The van der Waals surface area contributed by atoms with Crippen molar-refractivity contribution in [2.45, 2.75) is 31.6 Å². The number of anilines is 1. The molecule has 1 atom stereocenters. The fourth-order valence-corrected chi connectivity index (χ4v) is 4.60. The summed E-state index contributed by atoms with van der Waals surface area (Å²) in [5.74, 6) is -0.461. The van der Waals surface area contributed by atoms with Gasteiger partial charge in [0.15, 0.2) is 5.78 Å². The van der Waals surface area contributed by atoms with Gasteiger partial charge in [0.25, 0.3) is 0 Å². The Morgan fingerprint density at radius 2 is 1.77 bits per heavy atom. The molecule has 1 aliphatic carbocycles. The quantitative estimate of drug-likeness (QED) is 0.684. The van der Waals surface area contributed by atoms with Gasteiger partial charge in [-0.2, -0.15) is 0 Å². The molecule has 0 saturated carbocycles. The van der Waals surface area contributed by atoms with E-state index in [1.54, 1.807) is 29.2 Å². The summed E-state index contributed by atoms with van der Waals surface area (Å²) >= 11 is 6.29. The first-order chi connectivity index (χ1) is 14.4. The highest BCUT2D eigenvalue weighted by atomic mass is 35.5. The molecule has 1 aliphatic heterocycles. The van der Waals surface area contributed by atoms with Gasteiger partial charge in [-0.1, -0.05) is 17.7 Å². The van der Waals surface area contributed by atoms with Crippen LogP contribution in [0.15, 0.2) is 47.7 Å². The van der Waals surface area contributed by atoms with E-state index in [1.165, 1.54) is 26.4 Å². The number of ether oxygens (including phenoxy) is 2. The first kappa shape index (κ1) is 20.4. The molecule has 5 nitrogen and oxygen atoms in total. The summed E-state index contributed by atoms with van der Waals surface area (Å²) in [5, 5.41) is 0.217. The number of methoxy groups -OCH3 is 2. The van der Waals surface area contributed by atoms with Gasteiger partial charge in [-0.15, -0.1) is 0 Å². The predicted octanol–water partition coefficient (Wildman–Crippen LogP) is 5.02. The van der Waals surface area contributed by atoms with E-state index in [1.807, 2.05) is 0 Å². The van der Waals surface area contributed by atoms with Gasteiger partial charge in [0, 0.05) is 58.8 Å². The largest absolute Gasteiger partial charge is 0.497 e. The van der Waals surface area contributed by atoms with Crippen molar-refractivity contribution in [1.82, 2.24) is 0 Å². The molecule has 0 spiro atoms. The summed E-state index contributed by atoms with van der Waals surface area (Å²) in [4.78, 5) is 27.8. The summed E-state index contributed by atoms with van der Waals surface area (Å²) in [7, 11) is 3.06. The van der Waals surface area contributed by atoms with Crippen LogP contribution in [0, 0.1) is 5.82 Å². The summed E-state index contributed by atoms with van der Waals surface area (Å²) in [6.07, 6.45) is 1.48. The lowest BCUT2D eigenvalue weighted by Crippen LogP contribution is -2.40. The van der Waals surface area contributed by atoms with Crippen LogP contribution in [0.4, 0.5) is 10.1 Å². The highest BCUT2D eigenvalue weighted by molar-refractivity contribution is 6.31. The molecular formula is C23H21ClFNO4. The number of allylic oxidation sites excluding steroid dienone is 2. The predicted molar refractivity (Wildman–Crippen MR) is 112 cm³/mol. The Balaban J connectivity index is 1.91. The van der Waals surface area contributed by atoms with Crippen LogP contribution in [0.25, 0.3) is 0 Å². The van der Waals surface area contributed by atoms with Crippen molar-refractivity contribution in [1.29, 1.82) is 0 Å². The average Bonchev–Trinajstić information content (AvgIpc) is 2.73. The van der Waals surface area contributed by atoms with Crippen molar-refractivity contribution in [2.24, 2.45) is 0 Å². The van der Waals surface area contributed by atoms with E-state index in [-0.39, 0.29) is 28.7 Å². The third-order valence-electron chi connectivity index (χ3n) is 5.62. The normalized spacial score (nSPS) is 19.1. The van der Waals surface area contributed by atoms with Crippen LogP contribution < -0.4 is 14.4 Å². The third-order valence-corrected chi connectivity index (χ3v) is 5.95. The van der Waals surface area contributed by atoms with E-state index in [9.17, 15) is 14.0 Å². The van der Waals surface area contributed by atoms with Crippen molar-refractivity contribution < 1.29 is 23.5 Å². The number of carbonyl (C=O) groups is 2. The maximum absolute atomic E-state index is 14.7. The molecule has 2 aliphatic rings. The molecule has 7 heteroatoms. The van der Waals surface area contributed by atoms with Gasteiger partial charge in [0.05, 0.1) is 19.9 Å². The van der Waals surface area contributed by atoms with E-state index in [0.717, 1.165) is 0 Å². The average molecular weight is 430 g/mol. The third kappa shape index (κ3) is 3.45. The number of hydrogen-bond donors (Lipinski definition) is 0. The molecular weight excluding hydrogens is 409 g/mol. The fourth-order valence-electron chi connectivity index (χ4n) is 4.30. The van der Waals surface area contributed by atoms with E-state index in [2.05, 4.69) is 0 Å². The molecule has 156 valence electrons. The Kier molecular flexibility index (Phi) is 5.52. The Morgan fingerprint density at radius 3 is 2.40 bits per heavy atom. The zero-order valence-corrected chi connectivity index (χ0v) is 17.5. The number of rotatable bonds is 4. The molecule has 4 rings (SSSR count). The van der Waals surface area contributed by atoms with Crippen LogP contribution in [0.1, 0.15) is 37.2 Å². The minimum Gasteiger partial charge on any atom is -0.497 e. The van der Waals surface area contributed by atoms with E-state index in [0.29, 0.717) is 47.7 Å². The summed E-state index contributed by atoms with van der Waals surface area (Å²) in [6, 6.07) is 9.55. The smallest absolute Gasteiger partial charge is 0.232 e. The minimum atomic E-state index is -0.697. The zero-order valence-electron chi connectivity index (χ0n) is 16.7. The van der Waals surface area contributed by atoms with Gasteiger partial charge < -0.3 is 9.47 Å². The lowest BCUT2D eigenvalue weighted by atomic mass is 9.77. The number of nitrogens with zero attached hydrogens (tertiary/aromatic N) is 1. The van der Waals surface area contributed by atoms with Gasteiger partial charge in [-0.05, 0) is 25.0 Å². The second-order valence-corrected chi connectivity index (χ2v) is 7.74. The maximum Gasteiger partial charge on any atom is 0.232 e. The van der Waals surface area contributed by atoms with Gasteiger partial charge in [0.2, 0.25) is 5.91 Å². The topological polar surface area (TPSA) is 55.8 Å². The Labute approximate surface area is 179 Å². The number of benzene rings is 2. The fraction of sp³-hybridized carbons (Fsp3) is 0.304. The van der Waals surface area contributed by atoms with Crippen molar-refractivity contribution in [3.8, 4) is 11.5 Å². The highest BCUT2D eigenvalue weighted by Crippen LogP contribution is 2.46. The second kappa shape index (κ2) is 8.11. The maximum atomic E-state index is 14.7. The van der Waals surface area contributed by atoms with Crippen molar-refractivity contribution in [3.63, 3.8) is 0 Å². The van der Waals surface area contributed by atoms with Gasteiger partial charge in [-0.3, -0.25) is 14.5 Å². The molecule has 0 aromatic heterocycles. The van der Waals surface area contributed by atoms with Crippen molar-refractivity contribution >= 4 is 29.0 Å². The van der Waals surface area contributed by atoms with Gasteiger partial charge >= 0.3 is 0 Å². The first-order valence-corrected chi connectivity index (χ1v) is 10.1. The molecule has 2 aromatic rings. The molecule has 2 aromatic carbocycles. The molecule has 1 unspecified atom stereocenters. The van der Waals surface area contributed by atoms with Crippen LogP contribution in [-0.2, 0) is 9.59 Å². The zero-order chi connectivity index (χ0) is 21.4. The van der Waals surface area contributed by atoms with Crippen molar-refractivity contribution in [3.05, 3.63) is 64.1 Å². The number of hydrogen-bond acceptors (Lipinski definition) is 4. The van der Waals surface area contributed by atoms with Crippen LogP contribution in [0.2, 0.25) is 5.02 Å². The molecule has 1 amide bonds. The van der Waals surface area contributed by atoms with Crippen LogP contribution >= 0.6 is 11.6 Å². The lowest BCUT2D eigenvalue weighted by Gasteiger charge is -2.38. The van der Waals surface area contributed by atoms with E-state index >= 15 is 0 Å². The summed E-state index contributed by atoms with van der Waals surface area (Å²) in [6.45, 7) is 0. The first-order valence-electron chi connectivity index (χ1n) is 9.70. The molecule has 0 fully saturated rings. The molecule has 0 saturated heterocycles. The Bertz CT molecular complexity index is 1020. The summed E-state index contributed by atoms with van der Waals surface area (Å²) in [5.41, 5.74) is 1.83. The van der Waals surface area contributed by atoms with Gasteiger partial charge in [0.1, 0.15) is 17.3 Å². The summed E-state index contributed by atoms with van der Waals surface area (Å²) < 4.78 is 25.4. The second-order valence-electron chi connectivity index (χ2n) is 7.33. The molecule has 1 heterocycles. The Morgan fingerprint density at radius 1 is 1.07 bits per heavy atom. The van der Waals surface area contributed by atoms with Crippen molar-refractivity contribution in [2.75, 3.05) is 19.1 Å². The number of ketones is 1. The molecule has 30 heavy (non-hydrogen) atoms. The van der Waals surface area contributed by atoms with E-state index < -0.39 is 11.7 Å². The number of amides is 1. The van der Waals surface area contributed by atoms with Crippen LogP contribution in [0.3, 0.4) is 0 Å². The minimum absolute atomic E-state index is 0.0508. The van der Waals surface area contributed by atoms with E-state index in [4.69, 9.17) is 21.1 Å². The number of Topliss-reactive ketones (excluding diaryl/α,β-unsaturated/α-hetero) is 1. The molecule has 0 N–H and O–H groups in total. The number of carbonyl (C=O) groups excluding carboxylic acids is 2. The Hall–Kier alpha value is -2.86. The lowest BCUT2D eigenvalue weighted by molar-refractivity contribution is -0.119. The highest BCUT2D eigenvalue weighted by Gasteiger charge is 2.41.